The smallest absolute Gasteiger partial charge is 0.408 e. The van der Waals surface area contributed by atoms with Crippen LogP contribution in [0.4, 0.5) is 18.0 Å². The van der Waals surface area contributed by atoms with E-state index < -0.39 is 36.2 Å². The first-order valence-electron chi connectivity index (χ1n) is 5.11. The summed E-state index contributed by atoms with van der Waals surface area (Å²) in [4.78, 5) is 11.0. The summed E-state index contributed by atoms with van der Waals surface area (Å²) < 4.78 is 44.6. The van der Waals surface area contributed by atoms with Crippen molar-refractivity contribution in [2.45, 2.75) is 18.9 Å². The zero-order valence-corrected chi connectivity index (χ0v) is 10.6. The van der Waals surface area contributed by atoms with Gasteiger partial charge in [0.05, 0.1) is 0 Å². The molecule has 8 heteroatoms. The van der Waals surface area contributed by atoms with Crippen LogP contribution in [0.25, 0.3) is 0 Å². The van der Waals surface area contributed by atoms with Gasteiger partial charge in [-0.25, -0.2) is 18.0 Å². The molecule has 2 N–H and O–H groups in total. The number of amides is 1. The molecule has 1 heterocycles. The van der Waals surface area contributed by atoms with Crippen LogP contribution in [0.2, 0.25) is 0 Å². The first kappa shape index (κ1) is 15.4. The number of cyclic esters (lactones) is 1. The summed E-state index contributed by atoms with van der Waals surface area (Å²) in [5.74, 6) is -4.66. The molecule has 106 valence electrons. The van der Waals surface area contributed by atoms with Gasteiger partial charge in [-0.15, -0.1) is 12.4 Å². The van der Waals surface area contributed by atoms with E-state index in [-0.39, 0.29) is 23.5 Å². The number of nitrogens with one attached hydrogen (secondary N) is 1. The fourth-order valence-corrected chi connectivity index (χ4v) is 1.80. The van der Waals surface area contributed by atoms with Gasteiger partial charge >= 0.3 is 12.0 Å². The standard InChI is InChI=1S/C11H10F3NO3.ClH/c1-5-2-6(12)3-7(8(5)16)9-11(13,14)4-18-10(17)15-9;/h2-3,9,16H,4H2,1H3,(H,15,17);1H/t9-;/m1./s1. The second kappa shape index (κ2) is 5.16. The number of alkyl carbamates (subject to hydrolysis) is 1. The van der Waals surface area contributed by atoms with Gasteiger partial charge in [0.15, 0.2) is 6.61 Å². The summed E-state index contributed by atoms with van der Waals surface area (Å²) >= 11 is 0. The number of hydrogen-bond acceptors (Lipinski definition) is 3. The number of hydrogen-bond donors (Lipinski definition) is 2. The predicted octanol–water partition coefficient (Wildman–Crippen LogP) is 2.68. The average molecular weight is 298 g/mol. The second-order valence-electron chi connectivity index (χ2n) is 4.08. The van der Waals surface area contributed by atoms with Crippen molar-refractivity contribution >= 4 is 18.5 Å². The van der Waals surface area contributed by atoms with Gasteiger partial charge in [0.1, 0.15) is 17.6 Å². The maximum atomic E-state index is 13.6. The quantitative estimate of drug-likeness (QED) is 0.838. The monoisotopic (exact) mass is 297 g/mol. The molecule has 1 aliphatic heterocycles. The van der Waals surface area contributed by atoms with Crippen molar-refractivity contribution in [3.05, 3.63) is 29.1 Å². The number of phenols is 1. The van der Waals surface area contributed by atoms with Gasteiger partial charge in [0.2, 0.25) is 0 Å². The number of halogens is 4. The molecule has 19 heavy (non-hydrogen) atoms. The van der Waals surface area contributed by atoms with E-state index in [0.29, 0.717) is 0 Å². The van der Waals surface area contributed by atoms with Crippen molar-refractivity contribution in [3.63, 3.8) is 0 Å². The number of aryl methyl sites for hydroxylation is 1. The van der Waals surface area contributed by atoms with E-state index in [1.54, 1.807) is 0 Å². The average Bonchev–Trinajstić information content (AvgIpc) is 2.27. The molecule has 0 radical (unpaired) electrons. The van der Waals surface area contributed by atoms with Crippen molar-refractivity contribution in [1.82, 2.24) is 5.32 Å². The summed E-state index contributed by atoms with van der Waals surface area (Å²) in [6.07, 6.45) is -1.03. The van der Waals surface area contributed by atoms with Crippen molar-refractivity contribution in [3.8, 4) is 5.75 Å². The van der Waals surface area contributed by atoms with Gasteiger partial charge in [-0.3, -0.25) is 0 Å². The first-order chi connectivity index (χ1) is 8.31. The molecule has 0 saturated carbocycles. The number of ether oxygens (including phenoxy) is 1. The molecule has 0 aliphatic carbocycles. The van der Waals surface area contributed by atoms with Crippen molar-refractivity contribution in [2.24, 2.45) is 0 Å². The molecule has 2 rings (SSSR count). The van der Waals surface area contributed by atoms with Crippen LogP contribution in [-0.2, 0) is 4.74 Å². The van der Waals surface area contributed by atoms with Crippen LogP contribution in [0.5, 0.6) is 5.75 Å². The van der Waals surface area contributed by atoms with Crippen molar-refractivity contribution < 1.29 is 27.8 Å². The van der Waals surface area contributed by atoms with E-state index in [9.17, 15) is 23.1 Å². The highest BCUT2D eigenvalue weighted by Crippen LogP contribution is 2.39. The highest BCUT2D eigenvalue weighted by Gasteiger charge is 2.48. The van der Waals surface area contributed by atoms with Gasteiger partial charge in [-0.2, -0.15) is 0 Å². The molecular formula is C11H11ClF3NO3. The molecular weight excluding hydrogens is 287 g/mol. The minimum atomic E-state index is -3.42. The van der Waals surface area contributed by atoms with Crippen LogP contribution in [0.15, 0.2) is 12.1 Å². The minimum absolute atomic E-state index is 0. The lowest BCUT2D eigenvalue weighted by Gasteiger charge is -2.32. The number of rotatable bonds is 1. The van der Waals surface area contributed by atoms with Crippen LogP contribution in [0, 0.1) is 12.7 Å². The summed E-state index contributed by atoms with van der Waals surface area (Å²) in [5, 5.41) is 11.6. The SMILES string of the molecule is Cc1cc(F)cc([C@H]2NC(=O)OCC2(F)F)c1O.Cl. The Morgan fingerprint density at radius 2 is 2.11 bits per heavy atom. The normalized spacial score (nSPS) is 21.1. The number of benzene rings is 1. The fourth-order valence-electron chi connectivity index (χ4n) is 1.80. The van der Waals surface area contributed by atoms with E-state index in [4.69, 9.17) is 0 Å². The van der Waals surface area contributed by atoms with Crippen LogP contribution < -0.4 is 5.32 Å². The molecule has 0 spiro atoms. The highest BCUT2D eigenvalue weighted by atomic mass is 35.5. The minimum Gasteiger partial charge on any atom is -0.507 e. The van der Waals surface area contributed by atoms with Gasteiger partial charge in [0, 0.05) is 5.56 Å². The summed E-state index contributed by atoms with van der Waals surface area (Å²) in [5.41, 5.74) is -0.254. The van der Waals surface area contributed by atoms with Gasteiger partial charge in [-0.1, -0.05) is 0 Å². The molecule has 0 unspecified atom stereocenters. The summed E-state index contributed by atoms with van der Waals surface area (Å²) in [6.45, 7) is 0.264. The Hall–Kier alpha value is -1.63. The highest BCUT2D eigenvalue weighted by molar-refractivity contribution is 5.85. The first-order valence-corrected chi connectivity index (χ1v) is 5.11. The third kappa shape index (κ3) is 2.86. The molecule has 1 aromatic rings. The molecule has 1 aromatic carbocycles. The van der Waals surface area contributed by atoms with E-state index in [1.165, 1.54) is 6.92 Å². The lowest BCUT2D eigenvalue weighted by Crippen LogP contribution is -2.49. The van der Waals surface area contributed by atoms with Gasteiger partial charge in [-0.05, 0) is 24.6 Å². The van der Waals surface area contributed by atoms with Gasteiger partial charge in [0.25, 0.3) is 0 Å². The maximum Gasteiger partial charge on any atom is 0.408 e. The topological polar surface area (TPSA) is 58.6 Å². The van der Waals surface area contributed by atoms with E-state index in [0.717, 1.165) is 12.1 Å². The van der Waals surface area contributed by atoms with E-state index in [1.807, 2.05) is 5.32 Å². The number of carbonyl (C=O) groups excluding carboxylic acids is 1. The number of phenolic OH excluding ortho intramolecular Hbond substituents is 1. The lowest BCUT2D eigenvalue weighted by atomic mass is 9.97. The fraction of sp³-hybridized carbons (Fsp3) is 0.364. The molecule has 0 bridgehead atoms. The van der Waals surface area contributed by atoms with Crippen LogP contribution >= 0.6 is 12.4 Å². The molecule has 1 amide bonds. The predicted molar refractivity (Wildman–Crippen MR) is 62.2 cm³/mol. The Balaban J connectivity index is 0.00000180. The number of alkyl halides is 2. The third-order valence-electron chi connectivity index (χ3n) is 2.69. The van der Waals surface area contributed by atoms with Crippen LogP contribution in [-0.4, -0.2) is 23.7 Å². The Morgan fingerprint density at radius 3 is 2.74 bits per heavy atom. The van der Waals surface area contributed by atoms with Crippen LogP contribution in [0.1, 0.15) is 17.2 Å². The zero-order valence-electron chi connectivity index (χ0n) is 9.75. The third-order valence-corrected chi connectivity index (χ3v) is 2.69. The Kier molecular flexibility index (Phi) is 4.19. The molecule has 1 atom stereocenters. The summed E-state index contributed by atoms with van der Waals surface area (Å²) in [6, 6.07) is -0.0295. The number of aromatic hydroxyl groups is 1. The summed E-state index contributed by atoms with van der Waals surface area (Å²) in [7, 11) is 0. The van der Waals surface area contributed by atoms with Crippen LogP contribution in [0.3, 0.4) is 0 Å². The molecule has 1 saturated heterocycles. The largest absolute Gasteiger partial charge is 0.507 e. The van der Waals surface area contributed by atoms with Crippen molar-refractivity contribution in [2.75, 3.05) is 6.61 Å². The Bertz CT molecular complexity index is 510. The van der Waals surface area contributed by atoms with E-state index >= 15 is 0 Å². The zero-order chi connectivity index (χ0) is 13.5. The molecule has 4 nitrogen and oxygen atoms in total. The molecule has 1 fully saturated rings. The van der Waals surface area contributed by atoms with Gasteiger partial charge < -0.3 is 15.2 Å². The maximum absolute atomic E-state index is 13.6. The second-order valence-corrected chi connectivity index (χ2v) is 4.08. The lowest BCUT2D eigenvalue weighted by molar-refractivity contribution is -0.104. The number of carbonyl (C=O) groups is 1. The Labute approximate surface area is 113 Å². The van der Waals surface area contributed by atoms with E-state index in [2.05, 4.69) is 4.74 Å². The van der Waals surface area contributed by atoms with Crippen molar-refractivity contribution in [1.29, 1.82) is 0 Å². The Morgan fingerprint density at radius 1 is 1.47 bits per heavy atom. The molecule has 1 aliphatic rings. The molecule has 0 aromatic heterocycles.